The van der Waals surface area contributed by atoms with Crippen molar-refractivity contribution in [2.45, 2.75) is 38.3 Å². The molecule has 1 N–H and O–H groups in total. The number of rotatable bonds is 4. The molecule has 0 bridgehead atoms. The van der Waals surface area contributed by atoms with Crippen LogP contribution in [0.3, 0.4) is 0 Å². The van der Waals surface area contributed by atoms with E-state index in [0.29, 0.717) is 6.42 Å². The molecule has 1 aromatic heterocycles. The first-order valence-corrected chi connectivity index (χ1v) is 8.53. The summed E-state index contributed by atoms with van der Waals surface area (Å²) in [5, 5.41) is 5.14. The Bertz CT molecular complexity index is 694. The summed E-state index contributed by atoms with van der Waals surface area (Å²) in [6.45, 7) is 4.07. The minimum atomic E-state index is -0.333. The number of hydrogen-bond acceptors (Lipinski definition) is 4. The van der Waals surface area contributed by atoms with Crippen molar-refractivity contribution in [1.82, 2.24) is 5.32 Å². The van der Waals surface area contributed by atoms with Crippen molar-refractivity contribution in [3.63, 3.8) is 0 Å². The Kier molecular flexibility index (Phi) is 4.31. The van der Waals surface area contributed by atoms with E-state index in [1.165, 1.54) is 0 Å². The molecule has 4 nitrogen and oxygen atoms in total. The zero-order chi connectivity index (χ0) is 16.4. The van der Waals surface area contributed by atoms with Crippen molar-refractivity contribution in [2.24, 2.45) is 0 Å². The lowest BCUT2D eigenvalue weighted by atomic mass is 9.89. The number of ether oxygens (including phenoxy) is 2. The van der Waals surface area contributed by atoms with E-state index in [0.717, 1.165) is 28.4 Å². The summed E-state index contributed by atoms with van der Waals surface area (Å²) in [7, 11) is 1.63. The Balaban J connectivity index is 1.80. The lowest BCUT2D eigenvalue weighted by Gasteiger charge is -2.38. The van der Waals surface area contributed by atoms with Crippen LogP contribution in [0.2, 0.25) is 0 Å². The van der Waals surface area contributed by atoms with Gasteiger partial charge in [-0.15, -0.1) is 11.3 Å². The Hall–Kier alpha value is -2.01. The highest BCUT2D eigenvalue weighted by Crippen LogP contribution is 2.41. The number of benzene rings is 1. The van der Waals surface area contributed by atoms with Crippen LogP contribution in [-0.4, -0.2) is 18.6 Å². The Labute approximate surface area is 140 Å². The normalized spacial score (nSPS) is 18.7. The molecule has 1 aromatic carbocycles. The van der Waals surface area contributed by atoms with Gasteiger partial charge in [0.25, 0.3) is 0 Å². The minimum Gasteiger partial charge on any atom is -0.497 e. The molecule has 1 atom stereocenters. The van der Waals surface area contributed by atoms with Gasteiger partial charge >= 0.3 is 0 Å². The predicted octanol–water partition coefficient (Wildman–Crippen LogP) is 3.72. The molecule has 0 saturated heterocycles. The molecule has 0 fully saturated rings. The smallest absolute Gasteiger partial charge is 0.225 e. The predicted molar refractivity (Wildman–Crippen MR) is 91.2 cm³/mol. The number of carbonyl (C=O) groups is 1. The van der Waals surface area contributed by atoms with Gasteiger partial charge in [0.15, 0.2) is 0 Å². The third-order valence-corrected chi connectivity index (χ3v) is 4.80. The first-order chi connectivity index (χ1) is 11.0. The quantitative estimate of drug-likeness (QED) is 0.929. The van der Waals surface area contributed by atoms with Crippen molar-refractivity contribution in [3.05, 3.63) is 46.2 Å². The molecule has 1 aliphatic heterocycles. The monoisotopic (exact) mass is 331 g/mol. The number of amides is 1. The molecule has 0 saturated carbocycles. The summed E-state index contributed by atoms with van der Waals surface area (Å²) in [6, 6.07) is 9.66. The van der Waals surface area contributed by atoms with Gasteiger partial charge in [0.2, 0.25) is 5.91 Å². The van der Waals surface area contributed by atoms with Gasteiger partial charge in [0, 0.05) is 22.9 Å². The second-order valence-electron chi connectivity index (χ2n) is 6.35. The standard InChI is InChI=1S/C18H21NO3S/c1-18(2)11-15(19-17(20)10-13-5-4-8-23-13)14-7-6-12(21-3)9-16(14)22-18/h4-9,15H,10-11H2,1-3H3,(H,19,20)/t15-/m0/s1. The Morgan fingerprint density at radius 1 is 1.43 bits per heavy atom. The lowest BCUT2D eigenvalue weighted by molar-refractivity contribution is -0.121. The van der Waals surface area contributed by atoms with Gasteiger partial charge < -0.3 is 14.8 Å². The zero-order valence-corrected chi connectivity index (χ0v) is 14.4. The number of methoxy groups -OCH3 is 1. The van der Waals surface area contributed by atoms with Gasteiger partial charge in [-0.2, -0.15) is 0 Å². The van der Waals surface area contributed by atoms with Crippen LogP contribution in [0.15, 0.2) is 35.7 Å². The van der Waals surface area contributed by atoms with E-state index in [1.54, 1.807) is 18.4 Å². The van der Waals surface area contributed by atoms with Crippen molar-refractivity contribution in [1.29, 1.82) is 0 Å². The maximum atomic E-state index is 12.4. The topological polar surface area (TPSA) is 47.6 Å². The molecule has 2 aromatic rings. The second kappa shape index (κ2) is 6.24. The van der Waals surface area contributed by atoms with Crippen molar-refractivity contribution in [3.8, 4) is 11.5 Å². The molecule has 5 heteroatoms. The maximum absolute atomic E-state index is 12.4. The number of thiophene rings is 1. The summed E-state index contributed by atoms with van der Waals surface area (Å²) < 4.78 is 11.3. The lowest BCUT2D eigenvalue weighted by Crippen LogP contribution is -2.41. The van der Waals surface area contributed by atoms with Crippen LogP contribution >= 0.6 is 11.3 Å². The molecule has 0 aliphatic carbocycles. The molecule has 0 unspecified atom stereocenters. The summed E-state index contributed by atoms with van der Waals surface area (Å²) in [6.07, 6.45) is 1.16. The summed E-state index contributed by atoms with van der Waals surface area (Å²) in [5.41, 5.74) is 0.671. The van der Waals surface area contributed by atoms with Crippen molar-refractivity contribution >= 4 is 17.2 Å². The molecule has 0 spiro atoms. The van der Waals surface area contributed by atoms with E-state index in [4.69, 9.17) is 9.47 Å². The fourth-order valence-corrected chi connectivity index (χ4v) is 3.61. The average molecular weight is 331 g/mol. The third kappa shape index (κ3) is 3.67. The van der Waals surface area contributed by atoms with Crippen LogP contribution < -0.4 is 14.8 Å². The highest BCUT2D eigenvalue weighted by molar-refractivity contribution is 7.10. The van der Waals surface area contributed by atoms with Gasteiger partial charge in [0.05, 0.1) is 19.6 Å². The number of hydrogen-bond donors (Lipinski definition) is 1. The van der Waals surface area contributed by atoms with Crippen LogP contribution in [-0.2, 0) is 11.2 Å². The van der Waals surface area contributed by atoms with Crippen molar-refractivity contribution < 1.29 is 14.3 Å². The maximum Gasteiger partial charge on any atom is 0.225 e. The molecule has 122 valence electrons. The molecular formula is C18H21NO3S. The summed E-state index contributed by atoms with van der Waals surface area (Å²) in [4.78, 5) is 13.4. The van der Waals surface area contributed by atoms with E-state index in [9.17, 15) is 4.79 Å². The van der Waals surface area contributed by atoms with E-state index in [1.807, 2.05) is 49.6 Å². The Morgan fingerprint density at radius 2 is 2.26 bits per heavy atom. The SMILES string of the molecule is COc1ccc2c(c1)OC(C)(C)C[C@@H]2NC(=O)Cc1cccs1. The molecule has 1 aliphatic rings. The number of carbonyl (C=O) groups excluding carboxylic acids is 1. The molecule has 1 amide bonds. The van der Waals surface area contributed by atoms with Gasteiger partial charge in [-0.3, -0.25) is 4.79 Å². The van der Waals surface area contributed by atoms with E-state index in [-0.39, 0.29) is 17.6 Å². The van der Waals surface area contributed by atoms with Gasteiger partial charge in [-0.05, 0) is 37.4 Å². The van der Waals surface area contributed by atoms with Gasteiger partial charge in [0.1, 0.15) is 17.1 Å². The van der Waals surface area contributed by atoms with Crippen LogP contribution in [0, 0.1) is 0 Å². The molecular weight excluding hydrogens is 310 g/mol. The fourth-order valence-electron chi connectivity index (χ4n) is 2.90. The number of nitrogens with one attached hydrogen (secondary N) is 1. The van der Waals surface area contributed by atoms with Crippen LogP contribution in [0.25, 0.3) is 0 Å². The molecule has 3 rings (SSSR count). The zero-order valence-electron chi connectivity index (χ0n) is 13.6. The van der Waals surface area contributed by atoms with E-state index in [2.05, 4.69) is 5.32 Å². The highest BCUT2D eigenvalue weighted by atomic mass is 32.1. The summed E-state index contributed by atoms with van der Waals surface area (Å²) >= 11 is 1.60. The molecule has 0 radical (unpaired) electrons. The fraction of sp³-hybridized carbons (Fsp3) is 0.389. The average Bonchev–Trinajstić information content (AvgIpc) is 2.98. The van der Waals surface area contributed by atoms with Crippen LogP contribution in [0.4, 0.5) is 0 Å². The van der Waals surface area contributed by atoms with Gasteiger partial charge in [-0.1, -0.05) is 6.07 Å². The van der Waals surface area contributed by atoms with E-state index >= 15 is 0 Å². The highest BCUT2D eigenvalue weighted by Gasteiger charge is 2.34. The van der Waals surface area contributed by atoms with Crippen LogP contribution in [0.1, 0.15) is 36.8 Å². The van der Waals surface area contributed by atoms with Crippen LogP contribution in [0.5, 0.6) is 11.5 Å². The van der Waals surface area contributed by atoms with E-state index < -0.39 is 0 Å². The first kappa shape index (κ1) is 15.9. The summed E-state index contributed by atoms with van der Waals surface area (Å²) in [5.74, 6) is 1.57. The minimum absolute atomic E-state index is 0.0388. The largest absolute Gasteiger partial charge is 0.497 e. The molecule has 23 heavy (non-hydrogen) atoms. The Morgan fingerprint density at radius 3 is 2.96 bits per heavy atom. The second-order valence-corrected chi connectivity index (χ2v) is 7.38. The first-order valence-electron chi connectivity index (χ1n) is 7.65. The van der Waals surface area contributed by atoms with Crippen molar-refractivity contribution in [2.75, 3.05) is 7.11 Å². The molecule has 2 heterocycles. The van der Waals surface area contributed by atoms with Gasteiger partial charge in [-0.25, -0.2) is 0 Å². The third-order valence-electron chi connectivity index (χ3n) is 3.93. The number of fused-ring (bicyclic) bond motifs is 1.